The molecule has 0 aliphatic rings. The first kappa shape index (κ1) is 14.3. The largest absolute Gasteiger partial charge is 0.457 e. The maximum Gasteiger partial charge on any atom is 0.341 e. The van der Waals surface area contributed by atoms with Crippen molar-refractivity contribution in [1.82, 2.24) is 0 Å². The smallest absolute Gasteiger partial charge is 0.341 e. The predicted octanol–water partition coefficient (Wildman–Crippen LogP) is 3.56. The maximum absolute atomic E-state index is 13.5. The van der Waals surface area contributed by atoms with Crippen molar-refractivity contribution >= 4 is 23.3 Å². The van der Waals surface area contributed by atoms with Crippen LogP contribution in [0.3, 0.4) is 0 Å². The third-order valence-electron chi connectivity index (χ3n) is 2.58. The fraction of sp³-hybridized carbons (Fsp3) is 0.0714. The number of rotatable bonds is 3. The fourth-order valence-electron chi connectivity index (χ4n) is 1.56. The number of hydrogen-bond acceptors (Lipinski definition) is 3. The summed E-state index contributed by atoms with van der Waals surface area (Å²) < 4.78 is 31.8. The van der Waals surface area contributed by atoms with Crippen molar-refractivity contribution in [3.63, 3.8) is 0 Å². The molecule has 0 bridgehead atoms. The minimum Gasteiger partial charge on any atom is -0.457 e. The van der Waals surface area contributed by atoms with Crippen LogP contribution in [0.5, 0.6) is 0 Å². The SMILES string of the molecule is Nc1ccc(F)c(C(=O)OCc2ccc(Cl)cc2F)c1. The molecule has 0 unspecified atom stereocenters. The van der Waals surface area contributed by atoms with Crippen molar-refractivity contribution in [3.8, 4) is 0 Å². The zero-order valence-electron chi connectivity index (χ0n) is 10.2. The summed E-state index contributed by atoms with van der Waals surface area (Å²) in [6.45, 7) is -0.323. The van der Waals surface area contributed by atoms with Crippen molar-refractivity contribution in [3.05, 3.63) is 64.2 Å². The molecule has 104 valence electrons. The molecule has 0 aliphatic carbocycles. The van der Waals surface area contributed by atoms with Gasteiger partial charge in [0.25, 0.3) is 0 Å². The van der Waals surface area contributed by atoms with Crippen LogP contribution in [0.25, 0.3) is 0 Å². The van der Waals surface area contributed by atoms with Crippen molar-refractivity contribution in [1.29, 1.82) is 0 Å². The average molecular weight is 298 g/mol. The molecule has 0 aliphatic heterocycles. The molecule has 2 rings (SSSR count). The van der Waals surface area contributed by atoms with Crippen molar-refractivity contribution in [2.24, 2.45) is 0 Å². The van der Waals surface area contributed by atoms with Crippen LogP contribution in [-0.2, 0) is 11.3 Å². The summed E-state index contributed by atoms with van der Waals surface area (Å²) >= 11 is 5.60. The van der Waals surface area contributed by atoms with E-state index < -0.39 is 17.6 Å². The molecule has 6 heteroatoms. The molecule has 0 amide bonds. The first-order chi connectivity index (χ1) is 9.47. The minimum atomic E-state index is -0.913. The highest BCUT2D eigenvalue weighted by molar-refractivity contribution is 6.30. The maximum atomic E-state index is 13.5. The second-order valence-corrected chi connectivity index (χ2v) is 4.49. The second kappa shape index (κ2) is 5.88. The van der Waals surface area contributed by atoms with Crippen LogP contribution in [0, 0.1) is 11.6 Å². The number of halogens is 3. The van der Waals surface area contributed by atoms with E-state index in [0.717, 1.165) is 18.2 Å². The molecule has 2 N–H and O–H groups in total. The second-order valence-electron chi connectivity index (χ2n) is 4.05. The molecule has 0 fully saturated rings. The number of carbonyl (C=O) groups excluding carboxylic acids is 1. The summed E-state index contributed by atoms with van der Waals surface area (Å²) in [5.74, 6) is -2.26. The molecule has 2 aromatic rings. The van der Waals surface area contributed by atoms with Gasteiger partial charge in [0.15, 0.2) is 0 Å². The van der Waals surface area contributed by atoms with E-state index in [1.807, 2.05) is 0 Å². The van der Waals surface area contributed by atoms with Gasteiger partial charge in [-0.3, -0.25) is 0 Å². The highest BCUT2D eigenvalue weighted by Crippen LogP contribution is 2.17. The standard InChI is InChI=1S/C14H10ClF2NO2/c15-9-2-1-8(13(17)5-9)7-20-14(19)11-6-10(18)3-4-12(11)16/h1-6H,7,18H2. The Labute approximate surface area is 118 Å². The molecule has 0 atom stereocenters. The van der Waals surface area contributed by atoms with Crippen LogP contribution in [0.2, 0.25) is 5.02 Å². The van der Waals surface area contributed by atoms with Crippen molar-refractivity contribution in [2.75, 3.05) is 5.73 Å². The Balaban J connectivity index is 2.10. The van der Waals surface area contributed by atoms with E-state index in [2.05, 4.69) is 0 Å². The predicted molar refractivity (Wildman–Crippen MR) is 71.3 cm³/mol. The highest BCUT2D eigenvalue weighted by Gasteiger charge is 2.14. The molecule has 0 aromatic heterocycles. The number of ether oxygens (including phenoxy) is 1. The van der Waals surface area contributed by atoms with Crippen molar-refractivity contribution < 1.29 is 18.3 Å². The summed E-state index contributed by atoms with van der Waals surface area (Å²) in [4.78, 5) is 11.7. The summed E-state index contributed by atoms with van der Waals surface area (Å²) in [5, 5.41) is 0.236. The number of benzene rings is 2. The van der Waals surface area contributed by atoms with Gasteiger partial charge < -0.3 is 10.5 Å². The Morgan fingerprint density at radius 2 is 1.90 bits per heavy atom. The molecular weight excluding hydrogens is 288 g/mol. The molecule has 0 spiro atoms. The van der Waals surface area contributed by atoms with Crippen LogP contribution in [0.1, 0.15) is 15.9 Å². The Hall–Kier alpha value is -2.14. The first-order valence-electron chi connectivity index (χ1n) is 5.63. The lowest BCUT2D eigenvalue weighted by molar-refractivity contribution is 0.0463. The van der Waals surface area contributed by atoms with Crippen LogP contribution in [-0.4, -0.2) is 5.97 Å². The van der Waals surface area contributed by atoms with E-state index in [4.69, 9.17) is 22.1 Å². The van der Waals surface area contributed by atoms with Crippen LogP contribution < -0.4 is 5.73 Å². The molecule has 0 saturated carbocycles. The summed E-state index contributed by atoms with van der Waals surface area (Å²) in [6, 6.07) is 7.51. The van der Waals surface area contributed by atoms with Crippen molar-refractivity contribution in [2.45, 2.75) is 6.61 Å². The van der Waals surface area contributed by atoms with Crippen LogP contribution in [0.15, 0.2) is 36.4 Å². The third-order valence-corrected chi connectivity index (χ3v) is 2.82. The molecular formula is C14H10ClF2NO2. The summed E-state index contributed by atoms with van der Waals surface area (Å²) in [5.41, 5.74) is 5.55. The first-order valence-corrected chi connectivity index (χ1v) is 6.01. The quantitative estimate of drug-likeness (QED) is 0.696. The van der Waals surface area contributed by atoms with Gasteiger partial charge in [0.05, 0.1) is 5.56 Å². The van der Waals surface area contributed by atoms with Gasteiger partial charge in [0, 0.05) is 16.3 Å². The van der Waals surface area contributed by atoms with Gasteiger partial charge in [-0.2, -0.15) is 0 Å². The Kier molecular flexibility index (Phi) is 4.20. The van der Waals surface area contributed by atoms with Gasteiger partial charge in [-0.1, -0.05) is 17.7 Å². The number of nitrogen functional groups attached to an aromatic ring is 1. The molecule has 20 heavy (non-hydrogen) atoms. The van der Waals surface area contributed by atoms with Gasteiger partial charge in [0.1, 0.15) is 18.2 Å². The van der Waals surface area contributed by atoms with E-state index in [1.54, 1.807) is 0 Å². The van der Waals surface area contributed by atoms with Crippen LogP contribution >= 0.6 is 11.6 Å². The van der Waals surface area contributed by atoms with E-state index in [9.17, 15) is 13.6 Å². The Morgan fingerprint density at radius 3 is 2.60 bits per heavy atom. The highest BCUT2D eigenvalue weighted by atomic mass is 35.5. The zero-order valence-corrected chi connectivity index (χ0v) is 11.0. The number of carbonyl (C=O) groups is 1. The van der Waals surface area contributed by atoms with E-state index >= 15 is 0 Å². The van der Waals surface area contributed by atoms with Crippen LogP contribution in [0.4, 0.5) is 14.5 Å². The zero-order chi connectivity index (χ0) is 14.7. The van der Waals surface area contributed by atoms with Gasteiger partial charge in [0.2, 0.25) is 0 Å². The van der Waals surface area contributed by atoms with E-state index in [1.165, 1.54) is 18.2 Å². The normalized spacial score (nSPS) is 10.3. The van der Waals surface area contributed by atoms with Gasteiger partial charge in [-0.05, 0) is 30.3 Å². The molecule has 0 radical (unpaired) electrons. The van der Waals surface area contributed by atoms with E-state index in [-0.39, 0.29) is 28.4 Å². The van der Waals surface area contributed by atoms with E-state index in [0.29, 0.717) is 0 Å². The number of hydrogen-bond donors (Lipinski definition) is 1. The third kappa shape index (κ3) is 3.24. The molecule has 0 saturated heterocycles. The number of anilines is 1. The molecule has 0 heterocycles. The van der Waals surface area contributed by atoms with Gasteiger partial charge >= 0.3 is 5.97 Å². The average Bonchev–Trinajstić information content (AvgIpc) is 2.40. The van der Waals surface area contributed by atoms with Gasteiger partial charge in [-0.15, -0.1) is 0 Å². The summed E-state index contributed by atoms with van der Waals surface area (Å²) in [7, 11) is 0. The number of nitrogens with two attached hydrogens (primary N) is 1. The molecule has 3 nitrogen and oxygen atoms in total. The lowest BCUT2D eigenvalue weighted by Gasteiger charge is -2.07. The molecule has 2 aromatic carbocycles. The lowest BCUT2D eigenvalue weighted by Crippen LogP contribution is -2.09. The fourth-order valence-corrected chi connectivity index (χ4v) is 1.72. The summed E-state index contributed by atoms with van der Waals surface area (Å²) in [6.07, 6.45) is 0. The Bertz CT molecular complexity index is 662. The topological polar surface area (TPSA) is 52.3 Å². The number of esters is 1. The van der Waals surface area contributed by atoms with Gasteiger partial charge in [-0.25, -0.2) is 13.6 Å². The lowest BCUT2D eigenvalue weighted by atomic mass is 10.2. The Morgan fingerprint density at radius 1 is 1.15 bits per heavy atom. The monoisotopic (exact) mass is 297 g/mol. The minimum absolute atomic E-state index is 0.145.